The Morgan fingerprint density at radius 2 is 2.24 bits per heavy atom. The summed E-state index contributed by atoms with van der Waals surface area (Å²) in [5, 5.41) is 0. The third-order valence-electron chi connectivity index (χ3n) is 4.27. The van der Waals surface area contributed by atoms with Gasteiger partial charge in [-0.05, 0) is 24.7 Å². The SMILES string of the molecule is Cl.Cn1ccnc1CN1CC2CCC(N)C2C1. The van der Waals surface area contributed by atoms with Crippen LogP contribution in [0.4, 0.5) is 0 Å². The lowest BCUT2D eigenvalue weighted by molar-refractivity contribution is 0.288. The van der Waals surface area contributed by atoms with Gasteiger partial charge < -0.3 is 10.3 Å². The van der Waals surface area contributed by atoms with Crippen LogP contribution >= 0.6 is 12.4 Å². The summed E-state index contributed by atoms with van der Waals surface area (Å²) in [4.78, 5) is 6.89. The van der Waals surface area contributed by atoms with Gasteiger partial charge in [0, 0.05) is 38.6 Å². The summed E-state index contributed by atoms with van der Waals surface area (Å²) in [6, 6.07) is 0.441. The van der Waals surface area contributed by atoms with Crippen LogP contribution in [0.3, 0.4) is 0 Å². The number of aryl methyl sites for hydroxylation is 1. The number of nitrogens with zero attached hydrogens (tertiary/aromatic N) is 3. The first-order valence-electron chi connectivity index (χ1n) is 6.18. The highest BCUT2D eigenvalue weighted by Gasteiger charge is 2.40. The van der Waals surface area contributed by atoms with E-state index < -0.39 is 0 Å². The molecule has 5 heteroatoms. The fourth-order valence-corrected chi connectivity index (χ4v) is 3.28. The molecule has 0 amide bonds. The van der Waals surface area contributed by atoms with Crippen LogP contribution in [0.2, 0.25) is 0 Å². The van der Waals surface area contributed by atoms with E-state index in [1.165, 1.54) is 25.9 Å². The highest BCUT2D eigenvalue weighted by molar-refractivity contribution is 5.85. The van der Waals surface area contributed by atoms with E-state index in [9.17, 15) is 0 Å². The van der Waals surface area contributed by atoms with Crippen LogP contribution in [0.5, 0.6) is 0 Å². The van der Waals surface area contributed by atoms with Gasteiger partial charge in [0.05, 0.1) is 6.54 Å². The molecule has 2 aliphatic rings. The molecule has 1 saturated carbocycles. The zero-order valence-corrected chi connectivity index (χ0v) is 11.1. The first-order chi connectivity index (χ1) is 7.74. The molecule has 3 unspecified atom stereocenters. The zero-order chi connectivity index (χ0) is 11.1. The molecule has 4 nitrogen and oxygen atoms in total. The molecule has 3 atom stereocenters. The molecule has 96 valence electrons. The Labute approximate surface area is 109 Å². The number of rotatable bonds is 2. The van der Waals surface area contributed by atoms with Gasteiger partial charge in [0.15, 0.2) is 0 Å². The predicted molar refractivity (Wildman–Crippen MR) is 69.9 cm³/mol. The number of likely N-dealkylation sites (tertiary alicyclic amines) is 1. The normalized spacial score (nSPS) is 32.5. The number of aromatic nitrogens is 2. The van der Waals surface area contributed by atoms with E-state index in [-0.39, 0.29) is 12.4 Å². The van der Waals surface area contributed by atoms with Crippen molar-refractivity contribution in [1.29, 1.82) is 0 Å². The van der Waals surface area contributed by atoms with Gasteiger partial charge in [-0.25, -0.2) is 4.98 Å². The summed E-state index contributed by atoms with van der Waals surface area (Å²) >= 11 is 0. The summed E-state index contributed by atoms with van der Waals surface area (Å²) in [7, 11) is 2.06. The van der Waals surface area contributed by atoms with Crippen LogP contribution in [-0.4, -0.2) is 33.6 Å². The first-order valence-corrected chi connectivity index (χ1v) is 6.18. The first kappa shape index (κ1) is 12.9. The topological polar surface area (TPSA) is 47.1 Å². The number of nitrogens with two attached hydrogens (primary N) is 1. The molecule has 0 radical (unpaired) electrons. The third-order valence-corrected chi connectivity index (χ3v) is 4.27. The third kappa shape index (κ3) is 2.34. The van der Waals surface area contributed by atoms with Gasteiger partial charge in [-0.2, -0.15) is 0 Å². The van der Waals surface area contributed by atoms with E-state index in [2.05, 4.69) is 21.5 Å². The lowest BCUT2D eigenvalue weighted by atomic mass is 9.98. The number of hydrogen-bond acceptors (Lipinski definition) is 3. The monoisotopic (exact) mass is 256 g/mol. The van der Waals surface area contributed by atoms with Crippen LogP contribution in [0.15, 0.2) is 12.4 Å². The Hall–Kier alpha value is -0.580. The molecule has 1 aliphatic carbocycles. The number of fused-ring (bicyclic) bond motifs is 1. The second-order valence-corrected chi connectivity index (χ2v) is 5.31. The van der Waals surface area contributed by atoms with Gasteiger partial charge in [0.2, 0.25) is 0 Å². The van der Waals surface area contributed by atoms with E-state index in [0.29, 0.717) is 6.04 Å². The maximum absolute atomic E-state index is 6.14. The molecule has 0 aromatic carbocycles. The van der Waals surface area contributed by atoms with E-state index >= 15 is 0 Å². The Morgan fingerprint density at radius 1 is 1.41 bits per heavy atom. The van der Waals surface area contributed by atoms with Crippen molar-refractivity contribution in [1.82, 2.24) is 14.5 Å². The van der Waals surface area contributed by atoms with Gasteiger partial charge in [-0.3, -0.25) is 4.90 Å². The minimum Gasteiger partial charge on any atom is -0.337 e. The van der Waals surface area contributed by atoms with E-state index in [1.54, 1.807) is 0 Å². The van der Waals surface area contributed by atoms with Gasteiger partial charge in [-0.15, -0.1) is 12.4 Å². The molecule has 1 aromatic heterocycles. The summed E-state index contributed by atoms with van der Waals surface area (Å²) in [6.45, 7) is 3.35. The standard InChI is InChI=1S/C12H20N4.ClH/c1-15-5-4-14-12(15)8-16-6-9-2-3-11(13)10(9)7-16;/h4-5,9-11H,2-3,6-8,13H2,1H3;1H. The van der Waals surface area contributed by atoms with Crippen molar-refractivity contribution in [2.45, 2.75) is 25.4 Å². The maximum Gasteiger partial charge on any atom is 0.122 e. The van der Waals surface area contributed by atoms with Gasteiger partial charge in [-0.1, -0.05) is 0 Å². The average molecular weight is 257 g/mol. The van der Waals surface area contributed by atoms with Crippen LogP contribution in [0.1, 0.15) is 18.7 Å². The fraction of sp³-hybridized carbons (Fsp3) is 0.750. The minimum atomic E-state index is 0. The highest BCUT2D eigenvalue weighted by atomic mass is 35.5. The Balaban J connectivity index is 0.00000108. The largest absolute Gasteiger partial charge is 0.337 e. The second kappa shape index (κ2) is 4.96. The molecule has 0 bridgehead atoms. The fourth-order valence-electron chi connectivity index (χ4n) is 3.28. The van der Waals surface area contributed by atoms with Gasteiger partial charge in [0.25, 0.3) is 0 Å². The molecule has 2 heterocycles. The summed E-state index contributed by atoms with van der Waals surface area (Å²) in [5.74, 6) is 2.74. The van der Waals surface area contributed by atoms with Crippen LogP contribution in [0.25, 0.3) is 0 Å². The Bertz CT molecular complexity index is 378. The van der Waals surface area contributed by atoms with Crippen molar-refractivity contribution in [2.24, 2.45) is 24.6 Å². The molecule has 0 spiro atoms. The van der Waals surface area contributed by atoms with Crippen molar-refractivity contribution in [3.05, 3.63) is 18.2 Å². The van der Waals surface area contributed by atoms with Crippen molar-refractivity contribution in [2.75, 3.05) is 13.1 Å². The second-order valence-electron chi connectivity index (χ2n) is 5.31. The summed E-state index contributed by atoms with van der Waals surface area (Å²) in [6.07, 6.45) is 6.43. The van der Waals surface area contributed by atoms with E-state index in [1.807, 2.05) is 12.4 Å². The molecule has 1 aromatic rings. The molecular weight excluding hydrogens is 236 g/mol. The zero-order valence-electron chi connectivity index (χ0n) is 10.2. The van der Waals surface area contributed by atoms with Gasteiger partial charge >= 0.3 is 0 Å². The molecule has 17 heavy (non-hydrogen) atoms. The van der Waals surface area contributed by atoms with E-state index in [0.717, 1.165) is 24.2 Å². The average Bonchev–Trinajstić information content (AvgIpc) is 2.90. The number of hydrogen-bond donors (Lipinski definition) is 1. The smallest absolute Gasteiger partial charge is 0.122 e. The number of halogens is 1. The Kier molecular flexibility index (Phi) is 3.76. The lowest BCUT2D eigenvalue weighted by Crippen LogP contribution is -2.30. The van der Waals surface area contributed by atoms with Crippen molar-refractivity contribution in [3.8, 4) is 0 Å². The molecule has 2 fully saturated rings. The molecule has 3 rings (SSSR count). The van der Waals surface area contributed by atoms with Crippen molar-refractivity contribution >= 4 is 12.4 Å². The van der Waals surface area contributed by atoms with Crippen molar-refractivity contribution < 1.29 is 0 Å². The Morgan fingerprint density at radius 3 is 2.88 bits per heavy atom. The van der Waals surface area contributed by atoms with Crippen LogP contribution in [-0.2, 0) is 13.6 Å². The maximum atomic E-state index is 6.14. The molecule has 2 N–H and O–H groups in total. The molecule has 1 aliphatic heterocycles. The molecular formula is C12H21ClN4. The van der Waals surface area contributed by atoms with Crippen LogP contribution in [0, 0.1) is 11.8 Å². The van der Waals surface area contributed by atoms with Crippen molar-refractivity contribution in [3.63, 3.8) is 0 Å². The number of imidazole rings is 1. The van der Waals surface area contributed by atoms with E-state index in [4.69, 9.17) is 5.73 Å². The quantitative estimate of drug-likeness (QED) is 0.859. The minimum absolute atomic E-state index is 0. The molecule has 1 saturated heterocycles. The lowest BCUT2D eigenvalue weighted by Gasteiger charge is -2.17. The predicted octanol–water partition coefficient (Wildman–Crippen LogP) is 1.01. The summed E-state index contributed by atoms with van der Waals surface area (Å²) in [5.41, 5.74) is 6.14. The highest BCUT2D eigenvalue weighted by Crippen LogP contribution is 2.37. The van der Waals surface area contributed by atoms with Crippen LogP contribution < -0.4 is 5.73 Å². The summed E-state index contributed by atoms with van der Waals surface area (Å²) < 4.78 is 2.11. The van der Waals surface area contributed by atoms with Gasteiger partial charge in [0.1, 0.15) is 5.82 Å².